The van der Waals surface area contributed by atoms with Crippen molar-refractivity contribution in [2.45, 2.75) is 6.42 Å². The second-order valence-electron chi connectivity index (χ2n) is 3.02. The van der Waals surface area contributed by atoms with E-state index in [2.05, 4.69) is 19.7 Å². The second-order valence-corrected chi connectivity index (χ2v) is 3.02. The lowest BCUT2D eigenvalue weighted by Gasteiger charge is -1.85. The van der Waals surface area contributed by atoms with E-state index in [1.807, 2.05) is 36.4 Å². The Balaban J connectivity index is 0. The van der Waals surface area contributed by atoms with Gasteiger partial charge in [0.1, 0.15) is 0 Å². The maximum Gasteiger partial charge on any atom is -0.00653 e. The highest BCUT2D eigenvalue weighted by Crippen LogP contribution is 1.97. The van der Waals surface area contributed by atoms with E-state index in [9.17, 15) is 0 Å². The van der Waals surface area contributed by atoms with Crippen LogP contribution in [0.5, 0.6) is 0 Å². The van der Waals surface area contributed by atoms with Gasteiger partial charge in [0, 0.05) is 0 Å². The molecule has 0 unspecified atom stereocenters. The van der Waals surface area contributed by atoms with Gasteiger partial charge < -0.3 is 11.5 Å². The Morgan fingerprint density at radius 1 is 0.882 bits per heavy atom. The molecular formula is C15H24N2. The molecule has 2 nitrogen and oxygen atoms in total. The van der Waals surface area contributed by atoms with Gasteiger partial charge >= 0.3 is 0 Å². The second kappa shape index (κ2) is 16.8. The van der Waals surface area contributed by atoms with Gasteiger partial charge in [0.15, 0.2) is 0 Å². The van der Waals surface area contributed by atoms with Crippen LogP contribution in [0.4, 0.5) is 0 Å². The van der Waals surface area contributed by atoms with Gasteiger partial charge in [0.2, 0.25) is 0 Å². The summed E-state index contributed by atoms with van der Waals surface area (Å²) in [6.45, 7) is 11.8. The number of benzene rings is 1. The monoisotopic (exact) mass is 232 g/mol. The highest BCUT2D eigenvalue weighted by Gasteiger charge is 1.75. The van der Waals surface area contributed by atoms with E-state index in [1.165, 1.54) is 5.56 Å². The van der Waals surface area contributed by atoms with Crippen LogP contribution in [-0.2, 0) is 0 Å². The van der Waals surface area contributed by atoms with E-state index >= 15 is 0 Å². The molecule has 0 aromatic heterocycles. The van der Waals surface area contributed by atoms with Gasteiger partial charge in [-0.05, 0) is 25.1 Å². The van der Waals surface area contributed by atoms with E-state index in [4.69, 9.17) is 11.5 Å². The Hall–Kier alpha value is -1.64. The normalized spacial score (nSPS) is 7.65. The first kappa shape index (κ1) is 17.7. The van der Waals surface area contributed by atoms with E-state index in [0.717, 1.165) is 19.5 Å². The van der Waals surface area contributed by atoms with Gasteiger partial charge in [-0.1, -0.05) is 68.3 Å². The van der Waals surface area contributed by atoms with Crippen molar-refractivity contribution in [3.63, 3.8) is 0 Å². The molecule has 0 atom stereocenters. The highest BCUT2D eigenvalue weighted by molar-refractivity contribution is 5.45. The molecule has 0 aliphatic rings. The predicted octanol–water partition coefficient (Wildman–Crippen LogP) is 2.98. The Morgan fingerprint density at radius 3 is 1.53 bits per heavy atom. The molecule has 0 saturated carbocycles. The fraction of sp³-hybridized carbons (Fsp3) is 0.200. The van der Waals surface area contributed by atoms with Crippen LogP contribution >= 0.6 is 0 Å². The third kappa shape index (κ3) is 17.0. The van der Waals surface area contributed by atoms with Crippen LogP contribution in [0.1, 0.15) is 12.0 Å². The van der Waals surface area contributed by atoms with E-state index < -0.39 is 0 Å². The molecule has 0 aliphatic heterocycles. The van der Waals surface area contributed by atoms with Crippen molar-refractivity contribution < 1.29 is 0 Å². The molecule has 2 heteroatoms. The summed E-state index contributed by atoms with van der Waals surface area (Å²) in [7, 11) is 0. The average molecular weight is 232 g/mol. The quantitative estimate of drug-likeness (QED) is 0.784. The minimum atomic E-state index is 0.719. The molecule has 0 saturated heterocycles. The van der Waals surface area contributed by atoms with Crippen molar-refractivity contribution in [3.8, 4) is 0 Å². The third-order valence-electron chi connectivity index (χ3n) is 1.61. The van der Waals surface area contributed by atoms with Crippen LogP contribution in [0.3, 0.4) is 0 Å². The lowest BCUT2D eigenvalue weighted by Crippen LogP contribution is -2.06. The number of hydrogen-bond acceptors (Lipinski definition) is 2. The van der Waals surface area contributed by atoms with Crippen molar-refractivity contribution in [2.24, 2.45) is 11.5 Å². The number of hydrogen-bond donors (Lipinski definition) is 2. The van der Waals surface area contributed by atoms with Gasteiger partial charge in [-0.25, -0.2) is 0 Å². The van der Waals surface area contributed by atoms with Crippen molar-refractivity contribution in [1.29, 1.82) is 0 Å². The summed E-state index contributed by atoms with van der Waals surface area (Å²) in [5, 5.41) is 0. The van der Waals surface area contributed by atoms with Crippen molar-refractivity contribution >= 4 is 6.08 Å². The highest BCUT2D eigenvalue weighted by atomic mass is 14.6. The predicted molar refractivity (Wildman–Crippen MR) is 79.7 cm³/mol. The molecule has 1 aromatic rings. The standard InChI is InChI=1S/C8H8.C4H6.C3H10N2/c1-2-8-6-4-3-5-7-8;1-3-4-2;4-2-1-3-5/h2-7H,1H2;3-4H,1-2H2;1-5H2. The summed E-state index contributed by atoms with van der Waals surface area (Å²) >= 11 is 0. The first-order chi connectivity index (χ1) is 8.26. The molecule has 94 valence electrons. The Labute approximate surface area is 105 Å². The van der Waals surface area contributed by atoms with Crippen LogP contribution < -0.4 is 11.5 Å². The molecule has 0 amide bonds. The van der Waals surface area contributed by atoms with Crippen LogP contribution in [0.15, 0.2) is 62.2 Å². The van der Waals surface area contributed by atoms with Crippen LogP contribution in [0.25, 0.3) is 6.08 Å². The maximum atomic E-state index is 5.06. The van der Waals surface area contributed by atoms with Gasteiger partial charge in [-0.2, -0.15) is 0 Å². The molecule has 0 bridgehead atoms. The number of nitrogens with two attached hydrogens (primary N) is 2. The lowest BCUT2D eigenvalue weighted by molar-refractivity contribution is 0.844. The van der Waals surface area contributed by atoms with Gasteiger partial charge in [0.05, 0.1) is 0 Å². The molecule has 0 heterocycles. The molecule has 0 radical (unpaired) electrons. The summed E-state index contributed by atoms with van der Waals surface area (Å²) in [6, 6.07) is 10.0. The zero-order valence-corrected chi connectivity index (χ0v) is 10.5. The third-order valence-corrected chi connectivity index (χ3v) is 1.61. The minimum absolute atomic E-state index is 0.719. The fourth-order valence-electron chi connectivity index (χ4n) is 0.707. The van der Waals surface area contributed by atoms with E-state index in [1.54, 1.807) is 12.2 Å². The van der Waals surface area contributed by atoms with Gasteiger partial charge in [0.25, 0.3) is 0 Å². The SMILES string of the molecule is C=CC=C.C=Cc1ccccc1.NCCCN. The number of allylic oxidation sites excluding steroid dienone is 2. The Bertz CT molecular complexity index is 270. The smallest absolute Gasteiger partial charge is 0.00653 e. The fourth-order valence-corrected chi connectivity index (χ4v) is 0.707. The molecule has 4 N–H and O–H groups in total. The minimum Gasteiger partial charge on any atom is -0.330 e. The average Bonchev–Trinajstić information content (AvgIpc) is 2.41. The van der Waals surface area contributed by atoms with Crippen LogP contribution in [-0.4, -0.2) is 13.1 Å². The molecule has 1 aromatic carbocycles. The summed E-state index contributed by atoms with van der Waals surface area (Å²) in [6.07, 6.45) is 6.06. The number of rotatable bonds is 4. The summed E-state index contributed by atoms with van der Waals surface area (Å²) < 4.78 is 0. The van der Waals surface area contributed by atoms with Gasteiger partial charge in [-0.15, -0.1) is 0 Å². The zero-order valence-electron chi connectivity index (χ0n) is 10.5. The Morgan fingerprint density at radius 2 is 1.35 bits per heavy atom. The van der Waals surface area contributed by atoms with E-state index in [0.29, 0.717) is 0 Å². The summed E-state index contributed by atoms with van der Waals surface area (Å²) in [5.41, 5.74) is 11.3. The molecule has 1 rings (SSSR count). The first-order valence-electron chi connectivity index (χ1n) is 5.57. The van der Waals surface area contributed by atoms with Crippen molar-refractivity contribution in [1.82, 2.24) is 0 Å². The molecule has 0 aliphatic carbocycles. The van der Waals surface area contributed by atoms with Crippen molar-refractivity contribution in [3.05, 3.63) is 67.8 Å². The Kier molecular flexibility index (Phi) is 17.5. The largest absolute Gasteiger partial charge is 0.330 e. The van der Waals surface area contributed by atoms with Crippen LogP contribution in [0.2, 0.25) is 0 Å². The zero-order chi connectivity index (χ0) is 13.4. The first-order valence-corrected chi connectivity index (χ1v) is 5.57. The summed E-state index contributed by atoms with van der Waals surface area (Å²) in [4.78, 5) is 0. The molecule has 0 spiro atoms. The maximum absolute atomic E-state index is 5.06. The molecule has 17 heavy (non-hydrogen) atoms. The lowest BCUT2D eigenvalue weighted by atomic mass is 10.2. The molecular weight excluding hydrogens is 208 g/mol. The van der Waals surface area contributed by atoms with E-state index in [-0.39, 0.29) is 0 Å². The van der Waals surface area contributed by atoms with Gasteiger partial charge in [-0.3, -0.25) is 0 Å². The molecule has 0 fully saturated rings. The van der Waals surface area contributed by atoms with Crippen LogP contribution in [0, 0.1) is 0 Å². The van der Waals surface area contributed by atoms with Crippen molar-refractivity contribution in [2.75, 3.05) is 13.1 Å². The summed E-state index contributed by atoms with van der Waals surface area (Å²) in [5.74, 6) is 0. The topological polar surface area (TPSA) is 52.0 Å².